The second kappa shape index (κ2) is 7.84. The lowest BCUT2D eigenvalue weighted by Gasteiger charge is -2.23. The lowest BCUT2D eigenvalue weighted by Crippen LogP contribution is -2.39. The van der Waals surface area contributed by atoms with Crippen molar-refractivity contribution in [2.24, 2.45) is 0 Å². The summed E-state index contributed by atoms with van der Waals surface area (Å²) in [5.74, 6) is 0.0455. The predicted octanol–water partition coefficient (Wildman–Crippen LogP) is 1.01. The molecule has 0 fully saturated rings. The van der Waals surface area contributed by atoms with Gasteiger partial charge >= 0.3 is 0 Å². The molecule has 0 bridgehead atoms. The molecule has 1 unspecified atom stereocenters. The molecule has 1 aromatic rings. The van der Waals surface area contributed by atoms with Gasteiger partial charge in [-0.25, -0.2) is 0 Å². The van der Waals surface area contributed by atoms with E-state index in [1.54, 1.807) is 0 Å². The first-order valence-corrected chi connectivity index (χ1v) is 6.36. The molecule has 18 heavy (non-hydrogen) atoms. The summed E-state index contributed by atoms with van der Waals surface area (Å²) in [6.45, 7) is 4.43. The Morgan fingerprint density at radius 1 is 1.22 bits per heavy atom. The van der Waals surface area contributed by atoms with Crippen LogP contribution < -0.4 is 10.6 Å². The summed E-state index contributed by atoms with van der Waals surface area (Å²) in [6, 6.07) is 9.60. The van der Waals surface area contributed by atoms with E-state index in [4.69, 9.17) is 0 Å². The monoisotopic (exact) mass is 249 g/mol. The molecular formula is C14H23N3O. The molecule has 0 spiro atoms. The fourth-order valence-electron chi connectivity index (χ4n) is 1.87. The molecule has 1 rings (SSSR count). The van der Waals surface area contributed by atoms with Crippen molar-refractivity contribution in [1.29, 1.82) is 0 Å². The van der Waals surface area contributed by atoms with Gasteiger partial charge in [0.25, 0.3) is 0 Å². The van der Waals surface area contributed by atoms with E-state index >= 15 is 0 Å². The summed E-state index contributed by atoms with van der Waals surface area (Å²) in [5.41, 5.74) is 1.02. The maximum absolute atomic E-state index is 12.2. The molecular weight excluding hydrogens is 226 g/mol. The number of benzene rings is 1. The molecule has 0 saturated heterocycles. The van der Waals surface area contributed by atoms with E-state index in [1.165, 1.54) is 0 Å². The van der Waals surface area contributed by atoms with Crippen molar-refractivity contribution in [3.05, 3.63) is 35.9 Å². The number of carbonyl (C=O) groups excluding carboxylic acids is 1. The number of nitrogens with one attached hydrogen (secondary N) is 2. The SMILES string of the molecule is CCNCCNC(=O)C(c1ccccc1)N(C)C. The Bertz CT molecular complexity index is 351. The third kappa shape index (κ3) is 4.47. The van der Waals surface area contributed by atoms with Gasteiger partial charge in [0.05, 0.1) is 0 Å². The molecule has 4 nitrogen and oxygen atoms in total. The first-order valence-electron chi connectivity index (χ1n) is 6.36. The van der Waals surface area contributed by atoms with Gasteiger partial charge in [-0.3, -0.25) is 9.69 Å². The van der Waals surface area contributed by atoms with Crippen molar-refractivity contribution in [1.82, 2.24) is 15.5 Å². The smallest absolute Gasteiger partial charge is 0.241 e. The molecule has 0 radical (unpaired) electrons. The maximum Gasteiger partial charge on any atom is 0.241 e. The van der Waals surface area contributed by atoms with Gasteiger partial charge in [0.2, 0.25) is 5.91 Å². The molecule has 1 aromatic carbocycles. The standard InChI is InChI=1S/C14H23N3O/c1-4-15-10-11-16-14(18)13(17(2)3)12-8-6-5-7-9-12/h5-9,13,15H,4,10-11H2,1-3H3,(H,16,18). The Labute approximate surface area is 109 Å². The van der Waals surface area contributed by atoms with Crippen LogP contribution in [0.1, 0.15) is 18.5 Å². The Morgan fingerprint density at radius 2 is 1.89 bits per heavy atom. The second-order valence-corrected chi connectivity index (χ2v) is 4.42. The summed E-state index contributed by atoms with van der Waals surface area (Å²) < 4.78 is 0. The largest absolute Gasteiger partial charge is 0.353 e. The van der Waals surface area contributed by atoms with Crippen LogP contribution in [0.25, 0.3) is 0 Å². The van der Waals surface area contributed by atoms with Gasteiger partial charge in [-0.1, -0.05) is 37.3 Å². The van der Waals surface area contributed by atoms with Crippen LogP contribution in [-0.4, -0.2) is 44.5 Å². The lowest BCUT2D eigenvalue weighted by atomic mass is 10.1. The minimum atomic E-state index is -0.229. The van der Waals surface area contributed by atoms with Crippen LogP contribution in [0.15, 0.2) is 30.3 Å². The minimum absolute atomic E-state index is 0.0455. The summed E-state index contributed by atoms with van der Waals surface area (Å²) in [4.78, 5) is 14.1. The second-order valence-electron chi connectivity index (χ2n) is 4.42. The highest BCUT2D eigenvalue weighted by Crippen LogP contribution is 2.17. The van der Waals surface area contributed by atoms with Crippen LogP contribution >= 0.6 is 0 Å². The summed E-state index contributed by atoms with van der Waals surface area (Å²) in [7, 11) is 3.84. The van der Waals surface area contributed by atoms with E-state index in [9.17, 15) is 4.79 Å². The highest BCUT2D eigenvalue weighted by atomic mass is 16.2. The Balaban J connectivity index is 2.60. The number of carbonyl (C=O) groups is 1. The number of hydrogen-bond acceptors (Lipinski definition) is 3. The summed E-state index contributed by atoms with van der Waals surface area (Å²) in [6.07, 6.45) is 0. The van der Waals surface area contributed by atoms with Gasteiger partial charge in [-0.05, 0) is 26.2 Å². The number of rotatable bonds is 7. The van der Waals surface area contributed by atoms with Crippen LogP contribution in [0.3, 0.4) is 0 Å². The van der Waals surface area contributed by atoms with Crippen molar-refractivity contribution < 1.29 is 4.79 Å². The van der Waals surface area contributed by atoms with Crippen molar-refractivity contribution >= 4 is 5.91 Å². The van der Waals surface area contributed by atoms with E-state index in [-0.39, 0.29) is 11.9 Å². The van der Waals surface area contributed by atoms with Crippen molar-refractivity contribution in [3.63, 3.8) is 0 Å². The average Bonchev–Trinajstić information content (AvgIpc) is 2.36. The molecule has 0 aliphatic heterocycles. The number of nitrogens with zero attached hydrogens (tertiary/aromatic N) is 1. The van der Waals surface area contributed by atoms with Crippen molar-refractivity contribution in [2.45, 2.75) is 13.0 Å². The first kappa shape index (κ1) is 14.7. The highest BCUT2D eigenvalue weighted by molar-refractivity contribution is 5.83. The molecule has 0 heterocycles. The first-order chi connectivity index (χ1) is 8.66. The van der Waals surface area contributed by atoms with E-state index < -0.39 is 0 Å². The third-order valence-electron chi connectivity index (χ3n) is 2.73. The topological polar surface area (TPSA) is 44.4 Å². The Morgan fingerprint density at radius 3 is 2.44 bits per heavy atom. The van der Waals surface area contributed by atoms with Gasteiger partial charge in [0, 0.05) is 13.1 Å². The fourth-order valence-corrected chi connectivity index (χ4v) is 1.87. The molecule has 0 aliphatic carbocycles. The zero-order chi connectivity index (χ0) is 13.4. The Hall–Kier alpha value is -1.39. The van der Waals surface area contributed by atoms with Crippen LogP contribution in [0.5, 0.6) is 0 Å². The third-order valence-corrected chi connectivity index (χ3v) is 2.73. The molecule has 1 amide bonds. The van der Waals surface area contributed by atoms with E-state index in [0.29, 0.717) is 6.54 Å². The molecule has 2 N–H and O–H groups in total. The maximum atomic E-state index is 12.2. The van der Waals surface area contributed by atoms with E-state index in [0.717, 1.165) is 18.7 Å². The molecule has 100 valence electrons. The summed E-state index contributed by atoms with van der Waals surface area (Å²) >= 11 is 0. The fraction of sp³-hybridized carbons (Fsp3) is 0.500. The van der Waals surface area contributed by atoms with Crippen LogP contribution in [-0.2, 0) is 4.79 Å². The average molecular weight is 249 g/mol. The zero-order valence-corrected chi connectivity index (χ0v) is 11.4. The van der Waals surface area contributed by atoms with Crippen molar-refractivity contribution in [2.75, 3.05) is 33.7 Å². The zero-order valence-electron chi connectivity index (χ0n) is 11.4. The minimum Gasteiger partial charge on any atom is -0.353 e. The molecule has 4 heteroatoms. The number of amides is 1. The predicted molar refractivity (Wildman–Crippen MR) is 74.4 cm³/mol. The summed E-state index contributed by atoms with van der Waals surface area (Å²) in [5, 5.41) is 6.14. The highest BCUT2D eigenvalue weighted by Gasteiger charge is 2.21. The van der Waals surface area contributed by atoms with E-state index in [1.807, 2.05) is 49.3 Å². The number of likely N-dealkylation sites (N-methyl/N-ethyl adjacent to an activating group) is 2. The number of hydrogen-bond donors (Lipinski definition) is 2. The lowest BCUT2D eigenvalue weighted by molar-refractivity contribution is -0.125. The van der Waals surface area contributed by atoms with Crippen LogP contribution in [0.4, 0.5) is 0 Å². The Kier molecular flexibility index (Phi) is 6.39. The van der Waals surface area contributed by atoms with Gasteiger partial charge in [-0.15, -0.1) is 0 Å². The van der Waals surface area contributed by atoms with Crippen LogP contribution in [0, 0.1) is 0 Å². The van der Waals surface area contributed by atoms with Gasteiger partial charge in [-0.2, -0.15) is 0 Å². The molecule has 1 atom stereocenters. The van der Waals surface area contributed by atoms with Gasteiger partial charge in [0.15, 0.2) is 0 Å². The molecule has 0 saturated carbocycles. The van der Waals surface area contributed by atoms with Crippen LogP contribution in [0.2, 0.25) is 0 Å². The normalized spacial score (nSPS) is 12.4. The molecule has 0 aromatic heterocycles. The molecule has 0 aliphatic rings. The quantitative estimate of drug-likeness (QED) is 0.709. The van der Waals surface area contributed by atoms with Gasteiger partial charge in [0.1, 0.15) is 6.04 Å². The van der Waals surface area contributed by atoms with Crippen molar-refractivity contribution in [3.8, 4) is 0 Å². The van der Waals surface area contributed by atoms with Gasteiger partial charge < -0.3 is 10.6 Å². The van der Waals surface area contributed by atoms with E-state index in [2.05, 4.69) is 17.6 Å².